The molecule has 2 rings (SSSR count). The summed E-state index contributed by atoms with van der Waals surface area (Å²) in [4.78, 5) is 2.92. The van der Waals surface area contributed by atoms with Crippen LogP contribution in [-0.2, 0) is 0 Å². The molecule has 0 saturated carbocycles. The smallest absolute Gasteiger partial charge is 0.0679 e. The molecule has 0 aromatic carbocycles. The van der Waals surface area contributed by atoms with E-state index in [0.717, 1.165) is 13.1 Å². The Morgan fingerprint density at radius 1 is 0.781 bits per heavy atom. The minimum absolute atomic E-state index is 0. The maximum Gasteiger partial charge on any atom is 0.0679 e. The molecule has 2 aromatic heterocycles. The van der Waals surface area contributed by atoms with E-state index >= 15 is 0 Å². The Morgan fingerprint density at radius 3 is 1.50 bits per heavy atom. The van der Waals surface area contributed by atoms with Crippen LogP contribution < -0.4 is 10.6 Å². The number of unbranched alkanes of at least 4 members (excludes halogenated alkanes) is 2. The second-order valence-electron chi connectivity index (χ2n) is 9.06. The lowest BCUT2D eigenvalue weighted by Gasteiger charge is -2.36. The fraction of sp³-hybridized carbons (Fsp3) is 0.667. The Labute approximate surface area is 222 Å². The van der Waals surface area contributed by atoms with E-state index in [0.29, 0.717) is 10.5 Å². The van der Waals surface area contributed by atoms with Crippen LogP contribution in [0.3, 0.4) is 0 Å². The van der Waals surface area contributed by atoms with E-state index in [1.807, 2.05) is 54.1 Å². The summed E-state index contributed by atoms with van der Waals surface area (Å²) in [6.45, 7) is 16.1. The van der Waals surface area contributed by atoms with Crippen molar-refractivity contribution in [1.29, 1.82) is 0 Å². The monoisotopic (exact) mass is 552 g/mol. The summed E-state index contributed by atoms with van der Waals surface area (Å²) in [6, 6.07) is 8.96. The lowest BCUT2D eigenvalue weighted by molar-refractivity contribution is 0.379. The predicted molar refractivity (Wildman–Crippen MR) is 158 cm³/mol. The second-order valence-corrected chi connectivity index (χ2v) is 15.3. The standard InChI is InChI=1S/C24H40N2S5.ClH/c1-7-9-15-25-23(3,4)21(19-13-11-17-27-19)29-31-30-22(20-14-12-18-28-20)24(5,6)26-16-10-8-2;/h11-14,17-18,21-22,25-26H,7-10,15-16H2,1-6H3;1H. The fourth-order valence-electron chi connectivity index (χ4n) is 3.39. The Morgan fingerprint density at radius 2 is 1.19 bits per heavy atom. The van der Waals surface area contributed by atoms with Gasteiger partial charge in [-0.3, -0.25) is 0 Å². The number of hydrogen-bond acceptors (Lipinski definition) is 7. The lowest BCUT2D eigenvalue weighted by Crippen LogP contribution is -2.44. The molecule has 2 N–H and O–H groups in total. The van der Waals surface area contributed by atoms with Crippen LogP contribution in [0, 0.1) is 0 Å². The molecule has 2 aromatic rings. The third-order valence-corrected chi connectivity index (χ3v) is 12.8. The molecule has 0 fully saturated rings. The van der Waals surface area contributed by atoms with E-state index in [-0.39, 0.29) is 23.5 Å². The van der Waals surface area contributed by atoms with Crippen molar-refractivity contribution in [1.82, 2.24) is 10.6 Å². The highest BCUT2D eigenvalue weighted by molar-refractivity contribution is 9.09. The van der Waals surface area contributed by atoms with Gasteiger partial charge in [0.25, 0.3) is 0 Å². The summed E-state index contributed by atoms with van der Waals surface area (Å²) < 4.78 is 0. The molecule has 0 spiro atoms. The zero-order valence-corrected chi connectivity index (χ0v) is 25.2. The number of thiophene rings is 2. The highest BCUT2D eigenvalue weighted by atomic mass is 35.5. The van der Waals surface area contributed by atoms with E-state index in [1.54, 1.807) is 0 Å². The lowest BCUT2D eigenvalue weighted by atomic mass is 9.98. The Hall–Kier alpha value is 0.660. The SMILES string of the molecule is CCCCNC(C)(C)C(SSSC(c1cccs1)C(C)(C)NCCCC)c1cccs1.Cl. The van der Waals surface area contributed by atoms with Crippen molar-refractivity contribution < 1.29 is 0 Å². The first kappa shape index (κ1) is 30.7. The molecule has 0 radical (unpaired) electrons. The molecule has 2 atom stereocenters. The van der Waals surface area contributed by atoms with Crippen LogP contribution in [0.5, 0.6) is 0 Å². The van der Waals surface area contributed by atoms with Crippen molar-refractivity contribution in [3.05, 3.63) is 44.8 Å². The van der Waals surface area contributed by atoms with Crippen molar-refractivity contribution in [2.45, 2.75) is 88.8 Å². The van der Waals surface area contributed by atoms with Crippen molar-refractivity contribution >= 4 is 66.5 Å². The van der Waals surface area contributed by atoms with Gasteiger partial charge in [-0.25, -0.2) is 0 Å². The van der Waals surface area contributed by atoms with Crippen LogP contribution in [0.2, 0.25) is 0 Å². The maximum absolute atomic E-state index is 3.83. The molecule has 2 unspecified atom stereocenters. The summed E-state index contributed by atoms with van der Waals surface area (Å²) >= 11 is 3.76. The quantitative estimate of drug-likeness (QED) is 0.159. The molecular weight excluding hydrogens is 512 g/mol. The largest absolute Gasteiger partial charge is 0.310 e. The summed E-state index contributed by atoms with van der Waals surface area (Å²) in [5.41, 5.74) is 0.0944. The fourth-order valence-corrected chi connectivity index (χ4v) is 11.8. The van der Waals surface area contributed by atoms with Gasteiger partial charge in [-0.1, -0.05) is 60.4 Å². The van der Waals surface area contributed by atoms with Crippen LogP contribution in [-0.4, -0.2) is 24.2 Å². The number of rotatable bonds is 16. The number of nitrogens with one attached hydrogen (secondary N) is 2. The van der Waals surface area contributed by atoms with Gasteiger partial charge in [0, 0.05) is 20.8 Å². The van der Waals surface area contributed by atoms with Gasteiger partial charge in [-0.2, -0.15) is 0 Å². The summed E-state index contributed by atoms with van der Waals surface area (Å²) in [5.74, 6) is 0. The molecule has 8 heteroatoms. The summed E-state index contributed by atoms with van der Waals surface area (Å²) in [7, 11) is 6.00. The first-order chi connectivity index (χ1) is 14.8. The van der Waals surface area contributed by atoms with Gasteiger partial charge in [-0.15, -0.1) is 35.1 Å². The van der Waals surface area contributed by atoms with Gasteiger partial charge in [0.15, 0.2) is 0 Å². The maximum atomic E-state index is 3.83. The van der Waals surface area contributed by atoms with Gasteiger partial charge < -0.3 is 10.6 Å². The molecule has 0 bridgehead atoms. The Kier molecular flexibility index (Phi) is 15.0. The van der Waals surface area contributed by atoms with E-state index in [1.165, 1.54) is 35.4 Å². The topological polar surface area (TPSA) is 24.1 Å². The minimum Gasteiger partial charge on any atom is -0.310 e. The molecule has 2 heterocycles. The molecule has 0 aliphatic rings. The highest BCUT2D eigenvalue weighted by Gasteiger charge is 2.35. The van der Waals surface area contributed by atoms with Crippen LogP contribution >= 0.6 is 66.5 Å². The van der Waals surface area contributed by atoms with Gasteiger partial charge in [0.1, 0.15) is 0 Å². The minimum atomic E-state index is 0. The average molecular weight is 553 g/mol. The Balaban J connectivity index is 0.00000512. The van der Waals surface area contributed by atoms with Gasteiger partial charge in [-0.05, 0) is 86.3 Å². The molecule has 0 aliphatic carbocycles. The van der Waals surface area contributed by atoms with E-state index in [4.69, 9.17) is 0 Å². The zero-order valence-electron chi connectivity index (χ0n) is 20.3. The van der Waals surface area contributed by atoms with E-state index in [9.17, 15) is 0 Å². The predicted octanol–water partition coefficient (Wildman–Crippen LogP) is 9.38. The van der Waals surface area contributed by atoms with Crippen molar-refractivity contribution in [3.8, 4) is 0 Å². The third kappa shape index (κ3) is 9.73. The molecule has 0 aliphatic heterocycles. The van der Waals surface area contributed by atoms with Gasteiger partial charge >= 0.3 is 0 Å². The van der Waals surface area contributed by atoms with Crippen molar-refractivity contribution in [2.75, 3.05) is 13.1 Å². The van der Waals surface area contributed by atoms with Crippen LogP contribution in [0.1, 0.15) is 87.5 Å². The van der Waals surface area contributed by atoms with Gasteiger partial charge in [0.2, 0.25) is 0 Å². The van der Waals surface area contributed by atoms with Crippen LogP contribution in [0.15, 0.2) is 35.0 Å². The van der Waals surface area contributed by atoms with Crippen molar-refractivity contribution in [3.63, 3.8) is 0 Å². The average Bonchev–Trinajstić information content (AvgIpc) is 3.42. The van der Waals surface area contributed by atoms with Crippen LogP contribution in [0.4, 0.5) is 0 Å². The molecule has 184 valence electrons. The molecular formula is C24H41ClN2S5. The number of halogens is 1. The highest BCUT2D eigenvalue weighted by Crippen LogP contribution is 2.56. The first-order valence-electron chi connectivity index (χ1n) is 11.4. The molecule has 32 heavy (non-hydrogen) atoms. The van der Waals surface area contributed by atoms with E-state index < -0.39 is 0 Å². The summed E-state index contributed by atoms with van der Waals surface area (Å²) in [5, 5.41) is 12.9. The molecule has 2 nitrogen and oxygen atoms in total. The van der Waals surface area contributed by atoms with E-state index in [2.05, 4.69) is 87.2 Å². The number of hydrogen-bond donors (Lipinski definition) is 2. The van der Waals surface area contributed by atoms with Gasteiger partial charge in [0.05, 0.1) is 10.5 Å². The normalized spacial score (nSPS) is 14.2. The Bertz CT molecular complexity index is 644. The zero-order chi connectivity index (χ0) is 22.7. The summed E-state index contributed by atoms with van der Waals surface area (Å²) in [6.07, 6.45) is 4.91. The molecule has 0 amide bonds. The third-order valence-electron chi connectivity index (χ3n) is 5.41. The first-order valence-corrected chi connectivity index (χ1v) is 16.7. The van der Waals surface area contributed by atoms with Crippen molar-refractivity contribution in [2.24, 2.45) is 0 Å². The second kappa shape index (κ2) is 15.6. The van der Waals surface area contributed by atoms with Crippen LogP contribution in [0.25, 0.3) is 0 Å². The molecule has 0 saturated heterocycles.